The fraction of sp³-hybridized carbons (Fsp3) is 0. The van der Waals surface area contributed by atoms with E-state index in [0.29, 0.717) is 11.1 Å². The van der Waals surface area contributed by atoms with Crippen molar-refractivity contribution in [3.05, 3.63) is 59.4 Å². The van der Waals surface area contributed by atoms with Crippen LogP contribution in [0.1, 0.15) is 15.9 Å². The smallest absolute Gasteiger partial charge is 0.336 e. The van der Waals surface area contributed by atoms with Gasteiger partial charge in [-0.2, -0.15) is 5.26 Å². The van der Waals surface area contributed by atoms with E-state index in [-0.39, 0.29) is 11.1 Å². The molecular weight excluding hydrogens is 233 g/mol. The van der Waals surface area contributed by atoms with Crippen LogP contribution in [0.4, 0.5) is 4.39 Å². The Morgan fingerprint density at radius 3 is 2.61 bits per heavy atom. The molecule has 1 N–H and O–H groups in total. The molecule has 0 radical (unpaired) electrons. The number of hydrogen-bond acceptors (Lipinski definition) is 2. The van der Waals surface area contributed by atoms with Gasteiger partial charge in [-0.05, 0) is 35.4 Å². The lowest BCUT2D eigenvalue weighted by Gasteiger charge is -2.06. The minimum absolute atomic E-state index is 0.0759. The number of benzene rings is 2. The van der Waals surface area contributed by atoms with Crippen LogP contribution in [0.25, 0.3) is 11.1 Å². The van der Waals surface area contributed by atoms with E-state index >= 15 is 0 Å². The zero-order valence-corrected chi connectivity index (χ0v) is 9.22. The Kier molecular flexibility index (Phi) is 3.07. The van der Waals surface area contributed by atoms with Crippen molar-refractivity contribution in [2.24, 2.45) is 0 Å². The second kappa shape index (κ2) is 4.68. The zero-order valence-electron chi connectivity index (χ0n) is 9.22. The molecule has 0 bridgehead atoms. The van der Waals surface area contributed by atoms with Crippen LogP contribution in [-0.2, 0) is 0 Å². The van der Waals surface area contributed by atoms with Gasteiger partial charge in [0, 0.05) is 0 Å². The first-order valence-corrected chi connectivity index (χ1v) is 5.15. The van der Waals surface area contributed by atoms with E-state index in [9.17, 15) is 9.18 Å². The standard InChI is InChI=1S/C14H8FNO2/c15-11-6-9(8-16)5-10(7-11)12-3-1-2-4-13(12)14(17)18/h1-7H,(H,17,18). The van der Waals surface area contributed by atoms with Gasteiger partial charge in [0.1, 0.15) is 5.82 Å². The summed E-state index contributed by atoms with van der Waals surface area (Å²) in [7, 11) is 0. The van der Waals surface area contributed by atoms with Crippen LogP contribution in [-0.4, -0.2) is 11.1 Å². The highest BCUT2D eigenvalue weighted by atomic mass is 19.1. The minimum atomic E-state index is -1.09. The van der Waals surface area contributed by atoms with Crippen LogP contribution in [0.5, 0.6) is 0 Å². The molecule has 4 heteroatoms. The number of halogens is 1. The van der Waals surface area contributed by atoms with E-state index in [1.807, 2.05) is 6.07 Å². The van der Waals surface area contributed by atoms with Crippen molar-refractivity contribution in [3.63, 3.8) is 0 Å². The highest BCUT2D eigenvalue weighted by Crippen LogP contribution is 2.25. The second-order valence-electron chi connectivity index (χ2n) is 3.69. The molecule has 0 aliphatic rings. The van der Waals surface area contributed by atoms with Gasteiger partial charge in [-0.1, -0.05) is 18.2 Å². The van der Waals surface area contributed by atoms with Crippen molar-refractivity contribution in [1.82, 2.24) is 0 Å². The molecule has 0 aromatic heterocycles. The number of hydrogen-bond donors (Lipinski definition) is 1. The van der Waals surface area contributed by atoms with Gasteiger partial charge in [0.15, 0.2) is 0 Å². The van der Waals surface area contributed by atoms with Crippen LogP contribution in [0.3, 0.4) is 0 Å². The molecule has 0 unspecified atom stereocenters. The van der Waals surface area contributed by atoms with Crippen LogP contribution in [0.15, 0.2) is 42.5 Å². The number of rotatable bonds is 2. The monoisotopic (exact) mass is 241 g/mol. The van der Waals surface area contributed by atoms with Gasteiger partial charge in [0.05, 0.1) is 17.2 Å². The van der Waals surface area contributed by atoms with Gasteiger partial charge in [0.25, 0.3) is 0 Å². The Morgan fingerprint density at radius 2 is 1.94 bits per heavy atom. The SMILES string of the molecule is N#Cc1cc(F)cc(-c2ccccc2C(=O)O)c1. The summed E-state index contributed by atoms with van der Waals surface area (Å²) in [6.07, 6.45) is 0. The third-order valence-corrected chi connectivity index (χ3v) is 2.50. The van der Waals surface area contributed by atoms with Crippen molar-refractivity contribution >= 4 is 5.97 Å². The Balaban J connectivity index is 2.66. The Hall–Kier alpha value is -2.67. The van der Waals surface area contributed by atoms with Crippen LogP contribution in [0.2, 0.25) is 0 Å². The topological polar surface area (TPSA) is 61.1 Å². The van der Waals surface area contributed by atoms with E-state index in [1.54, 1.807) is 18.2 Å². The summed E-state index contributed by atoms with van der Waals surface area (Å²) in [4.78, 5) is 11.1. The van der Waals surface area contributed by atoms with Crippen molar-refractivity contribution in [2.45, 2.75) is 0 Å². The van der Waals surface area contributed by atoms with Crippen molar-refractivity contribution in [2.75, 3.05) is 0 Å². The lowest BCUT2D eigenvalue weighted by atomic mass is 9.98. The first kappa shape index (κ1) is 11.8. The number of aromatic carboxylic acids is 1. The van der Waals surface area contributed by atoms with E-state index in [1.165, 1.54) is 18.2 Å². The molecule has 18 heavy (non-hydrogen) atoms. The largest absolute Gasteiger partial charge is 0.478 e. The zero-order chi connectivity index (χ0) is 13.1. The van der Waals surface area contributed by atoms with Gasteiger partial charge in [-0.3, -0.25) is 0 Å². The first-order chi connectivity index (χ1) is 8.61. The van der Waals surface area contributed by atoms with Gasteiger partial charge in [-0.25, -0.2) is 9.18 Å². The van der Waals surface area contributed by atoms with Crippen molar-refractivity contribution in [1.29, 1.82) is 5.26 Å². The lowest BCUT2D eigenvalue weighted by molar-refractivity contribution is 0.0697. The van der Waals surface area contributed by atoms with Gasteiger partial charge < -0.3 is 5.11 Å². The molecule has 0 atom stereocenters. The molecule has 2 aromatic rings. The molecular formula is C14H8FNO2. The number of carboxylic acids is 1. The number of nitrogens with zero attached hydrogens (tertiary/aromatic N) is 1. The first-order valence-electron chi connectivity index (χ1n) is 5.15. The Labute approximate surface area is 103 Å². The molecule has 3 nitrogen and oxygen atoms in total. The quantitative estimate of drug-likeness (QED) is 0.878. The molecule has 0 saturated heterocycles. The minimum Gasteiger partial charge on any atom is -0.478 e. The fourth-order valence-electron chi connectivity index (χ4n) is 1.73. The second-order valence-corrected chi connectivity index (χ2v) is 3.69. The number of carboxylic acid groups (broad SMARTS) is 1. The Bertz CT molecular complexity index is 659. The summed E-state index contributed by atoms with van der Waals surface area (Å²) in [5.74, 6) is -1.65. The molecule has 0 amide bonds. The molecule has 2 aromatic carbocycles. The highest BCUT2D eigenvalue weighted by Gasteiger charge is 2.12. The van der Waals surface area contributed by atoms with Crippen LogP contribution < -0.4 is 0 Å². The predicted molar refractivity (Wildman–Crippen MR) is 63.5 cm³/mol. The summed E-state index contributed by atoms with van der Waals surface area (Å²) < 4.78 is 13.3. The van der Waals surface area contributed by atoms with Crippen LogP contribution in [0, 0.1) is 17.1 Å². The van der Waals surface area contributed by atoms with Gasteiger partial charge in [0.2, 0.25) is 0 Å². The molecule has 0 heterocycles. The molecule has 0 spiro atoms. The summed E-state index contributed by atoms with van der Waals surface area (Å²) in [5.41, 5.74) is 1.00. The molecule has 0 saturated carbocycles. The van der Waals surface area contributed by atoms with Crippen LogP contribution >= 0.6 is 0 Å². The summed E-state index contributed by atoms with van der Waals surface area (Å²) >= 11 is 0. The molecule has 0 aliphatic heterocycles. The third kappa shape index (κ3) is 2.20. The number of carbonyl (C=O) groups is 1. The lowest BCUT2D eigenvalue weighted by Crippen LogP contribution is -1.99. The van der Waals surface area contributed by atoms with Gasteiger partial charge >= 0.3 is 5.97 Å². The molecule has 0 fully saturated rings. The normalized spacial score (nSPS) is 9.78. The highest BCUT2D eigenvalue weighted by molar-refractivity contribution is 5.96. The summed E-state index contributed by atoms with van der Waals surface area (Å²) in [6, 6.07) is 11.9. The maximum absolute atomic E-state index is 13.3. The molecule has 88 valence electrons. The average Bonchev–Trinajstić information content (AvgIpc) is 2.38. The van der Waals surface area contributed by atoms with E-state index in [4.69, 9.17) is 10.4 Å². The van der Waals surface area contributed by atoms with Gasteiger partial charge in [-0.15, -0.1) is 0 Å². The third-order valence-electron chi connectivity index (χ3n) is 2.50. The maximum Gasteiger partial charge on any atom is 0.336 e. The summed E-state index contributed by atoms with van der Waals surface area (Å²) in [5, 5.41) is 17.8. The average molecular weight is 241 g/mol. The Morgan fingerprint density at radius 1 is 1.22 bits per heavy atom. The maximum atomic E-state index is 13.3. The molecule has 0 aliphatic carbocycles. The van der Waals surface area contributed by atoms with E-state index in [0.717, 1.165) is 6.07 Å². The fourth-order valence-corrected chi connectivity index (χ4v) is 1.73. The van der Waals surface area contributed by atoms with E-state index < -0.39 is 11.8 Å². The predicted octanol–water partition coefficient (Wildman–Crippen LogP) is 3.06. The van der Waals surface area contributed by atoms with Crippen molar-refractivity contribution in [3.8, 4) is 17.2 Å². The summed E-state index contributed by atoms with van der Waals surface area (Å²) in [6.45, 7) is 0. The van der Waals surface area contributed by atoms with Crippen molar-refractivity contribution < 1.29 is 14.3 Å². The number of nitriles is 1. The van der Waals surface area contributed by atoms with E-state index in [2.05, 4.69) is 0 Å². The molecule has 2 rings (SSSR count).